The minimum Gasteiger partial charge on any atom is -0.481 e. The number of unbranched alkanes of at least 4 members (excludes halogenated alkanes) is 1. The summed E-state index contributed by atoms with van der Waals surface area (Å²) < 4.78 is 5.67. The van der Waals surface area contributed by atoms with E-state index in [2.05, 4.69) is 36.5 Å². The van der Waals surface area contributed by atoms with Crippen LogP contribution in [0.2, 0.25) is 0 Å². The highest BCUT2D eigenvalue weighted by Crippen LogP contribution is 2.44. The molecule has 35 heavy (non-hydrogen) atoms. The number of alkyl carbamates (subject to hydrolysis) is 1. The van der Waals surface area contributed by atoms with E-state index in [4.69, 9.17) is 9.84 Å². The molecule has 0 saturated heterocycles. The van der Waals surface area contributed by atoms with Gasteiger partial charge in [0.1, 0.15) is 6.61 Å². The van der Waals surface area contributed by atoms with Crippen molar-refractivity contribution in [2.45, 2.75) is 70.9 Å². The van der Waals surface area contributed by atoms with Crippen molar-refractivity contribution in [2.24, 2.45) is 0 Å². The normalized spacial score (nSPS) is 13.1. The smallest absolute Gasteiger partial charge is 0.407 e. The third kappa shape index (κ3) is 6.84. The number of carboxylic acids is 1. The number of amides is 2. The summed E-state index contributed by atoms with van der Waals surface area (Å²) in [6.07, 6.45) is 1.91. The van der Waals surface area contributed by atoms with E-state index in [1.54, 1.807) is 4.90 Å². The van der Waals surface area contributed by atoms with Gasteiger partial charge in [-0.2, -0.15) is 0 Å². The average Bonchev–Trinajstić information content (AvgIpc) is 3.14. The summed E-state index contributed by atoms with van der Waals surface area (Å²) in [4.78, 5) is 38.2. The van der Waals surface area contributed by atoms with Gasteiger partial charge in [0.2, 0.25) is 5.91 Å². The second-order valence-corrected chi connectivity index (χ2v) is 9.34. The first-order chi connectivity index (χ1) is 16.8. The fourth-order valence-corrected chi connectivity index (χ4v) is 4.70. The van der Waals surface area contributed by atoms with Gasteiger partial charge in [0.25, 0.3) is 0 Å². The van der Waals surface area contributed by atoms with Gasteiger partial charge in [-0.3, -0.25) is 9.59 Å². The monoisotopic (exact) mass is 480 g/mol. The van der Waals surface area contributed by atoms with Crippen molar-refractivity contribution in [3.63, 3.8) is 0 Å². The van der Waals surface area contributed by atoms with Gasteiger partial charge in [-0.05, 0) is 42.5 Å². The maximum atomic E-state index is 12.9. The number of hydrogen-bond donors (Lipinski definition) is 2. The van der Waals surface area contributed by atoms with Gasteiger partial charge in [-0.25, -0.2) is 4.79 Å². The lowest BCUT2D eigenvalue weighted by atomic mass is 9.98. The lowest BCUT2D eigenvalue weighted by Gasteiger charge is -2.28. The molecule has 0 saturated carbocycles. The topological polar surface area (TPSA) is 95.9 Å². The van der Waals surface area contributed by atoms with Crippen LogP contribution in [0.25, 0.3) is 11.1 Å². The van der Waals surface area contributed by atoms with Crippen molar-refractivity contribution >= 4 is 18.0 Å². The first-order valence-electron chi connectivity index (χ1n) is 12.4. The summed E-state index contributed by atoms with van der Waals surface area (Å²) in [6.45, 7) is 6.14. The predicted octanol–water partition coefficient (Wildman–Crippen LogP) is 5.19. The van der Waals surface area contributed by atoms with Crippen LogP contribution in [0.1, 0.15) is 69.9 Å². The number of carboxylic acid groups (broad SMARTS) is 1. The minimum atomic E-state index is -0.942. The first kappa shape index (κ1) is 26.3. The van der Waals surface area contributed by atoms with Gasteiger partial charge in [0.15, 0.2) is 0 Å². The molecule has 0 heterocycles. The molecule has 0 aromatic heterocycles. The van der Waals surface area contributed by atoms with E-state index in [1.165, 1.54) is 11.1 Å². The molecule has 7 nitrogen and oxygen atoms in total. The van der Waals surface area contributed by atoms with Crippen molar-refractivity contribution in [1.29, 1.82) is 0 Å². The van der Waals surface area contributed by atoms with E-state index < -0.39 is 12.1 Å². The van der Waals surface area contributed by atoms with Gasteiger partial charge in [0, 0.05) is 31.0 Å². The number of nitrogens with zero attached hydrogens (tertiary/aromatic N) is 1. The zero-order valence-corrected chi connectivity index (χ0v) is 20.8. The third-order valence-corrected chi connectivity index (χ3v) is 6.50. The fraction of sp³-hybridized carbons (Fsp3) is 0.464. The summed E-state index contributed by atoms with van der Waals surface area (Å²) >= 11 is 0. The number of nitrogens with one attached hydrogen (secondary N) is 1. The molecule has 0 aliphatic heterocycles. The first-order valence-corrected chi connectivity index (χ1v) is 12.4. The maximum absolute atomic E-state index is 12.9. The zero-order chi connectivity index (χ0) is 25.4. The van der Waals surface area contributed by atoms with Crippen LogP contribution in [-0.2, 0) is 14.3 Å². The third-order valence-electron chi connectivity index (χ3n) is 6.50. The molecular weight excluding hydrogens is 444 g/mol. The molecule has 0 spiro atoms. The second kappa shape index (κ2) is 12.4. The Balaban J connectivity index is 1.62. The van der Waals surface area contributed by atoms with Crippen LogP contribution in [0.5, 0.6) is 0 Å². The van der Waals surface area contributed by atoms with Crippen molar-refractivity contribution in [2.75, 3.05) is 13.2 Å². The standard InChI is InChI=1S/C28H36N2O5/c1-4-5-10-20(17-26(31)30(19(2)3)16-15-27(32)33)29-28(34)35-18-25-23-13-8-6-11-21(23)22-12-7-9-14-24(22)25/h6-9,11-14,19-20,25H,4-5,10,15-18H2,1-3H3,(H,29,34)(H,32,33). The number of fused-ring (bicyclic) bond motifs is 3. The van der Waals surface area contributed by atoms with Crippen LogP contribution in [0.15, 0.2) is 48.5 Å². The molecule has 3 rings (SSSR count). The van der Waals surface area contributed by atoms with E-state index >= 15 is 0 Å². The van der Waals surface area contributed by atoms with Gasteiger partial charge in [-0.1, -0.05) is 68.3 Å². The highest BCUT2D eigenvalue weighted by atomic mass is 16.5. The molecule has 0 bridgehead atoms. The molecule has 0 radical (unpaired) electrons. The molecule has 2 aromatic carbocycles. The van der Waals surface area contributed by atoms with Gasteiger partial charge in [-0.15, -0.1) is 0 Å². The lowest BCUT2D eigenvalue weighted by molar-refractivity contribution is -0.139. The van der Waals surface area contributed by atoms with Crippen LogP contribution < -0.4 is 5.32 Å². The van der Waals surface area contributed by atoms with E-state index in [0.717, 1.165) is 24.0 Å². The van der Waals surface area contributed by atoms with Gasteiger partial charge < -0.3 is 20.1 Å². The van der Waals surface area contributed by atoms with Crippen molar-refractivity contribution in [3.8, 4) is 11.1 Å². The van der Waals surface area contributed by atoms with Crippen LogP contribution in [-0.4, -0.2) is 53.2 Å². The molecule has 188 valence electrons. The minimum absolute atomic E-state index is 0.0312. The van der Waals surface area contributed by atoms with E-state index in [0.29, 0.717) is 6.42 Å². The SMILES string of the molecule is CCCCC(CC(=O)N(CCC(=O)O)C(C)C)NC(=O)OCC1c2ccccc2-c2ccccc21. The average molecular weight is 481 g/mol. The highest BCUT2D eigenvalue weighted by Gasteiger charge is 2.29. The summed E-state index contributed by atoms with van der Waals surface area (Å²) in [5.41, 5.74) is 4.62. The summed E-state index contributed by atoms with van der Waals surface area (Å²) in [7, 11) is 0. The Hall–Kier alpha value is -3.35. The Morgan fingerprint density at radius 1 is 1.03 bits per heavy atom. The molecule has 1 aliphatic carbocycles. The number of rotatable bonds is 12. The number of hydrogen-bond acceptors (Lipinski definition) is 4. The quantitative estimate of drug-likeness (QED) is 0.436. The van der Waals surface area contributed by atoms with Crippen molar-refractivity contribution in [3.05, 3.63) is 59.7 Å². The number of aliphatic carboxylic acids is 1. The number of benzene rings is 2. The number of ether oxygens (including phenoxy) is 1. The zero-order valence-electron chi connectivity index (χ0n) is 20.8. The number of carbonyl (C=O) groups is 3. The van der Waals surface area contributed by atoms with Crippen LogP contribution in [0, 0.1) is 0 Å². The molecule has 2 aromatic rings. The Bertz CT molecular complexity index is 990. The molecule has 2 N–H and O–H groups in total. The van der Waals surface area contributed by atoms with Gasteiger partial charge in [0.05, 0.1) is 6.42 Å². The molecule has 7 heteroatoms. The molecule has 2 amide bonds. The Labute approximate surface area is 207 Å². The Morgan fingerprint density at radius 2 is 1.63 bits per heavy atom. The number of carbonyl (C=O) groups excluding carboxylic acids is 2. The molecule has 1 unspecified atom stereocenters. The molecule has 1 atom stereocenters. The summed E-state index contributed by atoms with van der Waals surface area (Å²) in [6, 6.07) is 15.8. The molecule has 0 fully saturated rings. The lowest BCUT2D eigenvalue weighted by Crippen LogP contribution is -2.44. The van der Waals surface area contributed by atoms with E-state index in [1.807, 2.05) is 38.1 Å². The van der Waals surface area contributed by atoms with Crippen LogP contribution in [0.4, 0.5) is 4.79 Å². The van der Waals surface area contributed by atoms with Crippen LogP contribution in [0.3, 0.4) is 0 Å². The summed E-state index contributed by atoms with van der Waals surface area (Å²) in [5.74, 6) is -1.14. The maximum Gasteiger partial charge on any atom is 0.407 e. The fourth-order valence-electron chi connectivity index (χ4n) is 4.70. The summed E-state index contributed by atoms with van der Waals surface area (Å²) in [5, 5.41) is 11.9. The van der Waals surface area contributed by atoms with Gasteiger partial charge >= 0.3 is 12.1 Å². The predicted molar refractivity (Wildman–Crippen MR) is 135 cm³/mol. The van der Waals surface area contributed by atoms with Crippen molar-refractivity contribution in [1.82, 2.24) is 10.2 Å². The van der Waals surface area contributed by atoms with E-state index in [9.17, 15) is 14.4 Å². The Morgan fingerprint density at radius 3 is 2.17 bits per heavy atom. The molecular formula is C28H36N2O5. The molecule has 1 aliphatic rings. The van der Waals surface area contributed by atoms with E-state index in [-0.39, 0.29) is 49.9 Å². The largest absolute Gasteiger partial charge is 0.481 e. The van der Waals surface area contributed by atoms with Crippen LogP contribution >= 0.6 is 0 Å². The van der Waals surface area contributed by atoms with Crippen molar-refractivity contribution < 1.29 is 24.2 Å². The second-order valence-electron chi connectivity index (χ2n) is 9.34. The highest BCUT2D eigenvalue weighted by molar-refractivity contribution is 5.80. The Kier molecular flexibility index (Phi) is 9.29.